The summed E-state index contributed by atoms with van der Waals surface area (Å²) in [6, 6.07) is 7.91. The summed E-state index contributed by atoms with van der Waals surface area (Å²) in [5, 5.41) is 5.73. The first-order valence-electron chi connectivity index (χ1n) is 7.70. The van der Waals surface area contributed by atoms with Crippen LogP contribution in [0.1, 0.15) is 28.2 Å². The molecular weight excluding hydrogens is 311 g/mol. The summed E-state index contributed by atoms with van der Waals surface area (Å²) in [6.45, 7) is 3.17. The summed E-state index contributed by atoms with van der Waals surface area (Å²) in [7, 11) is 1.64. The molecule has 2 rings (SSSR count). The van der Waals surface area contributed by atoms with Gasteiger partial charge < -0.3 is 15.4 Å². The van der Waals surface area contributed by atoms with Crippen molar-refractivity contribution in [2.75, 3.05) is 25.6 Å². The summed E-state index contributed by atoms with van der Waals surface area (Å²) >= 11 is 0. The van der Waals surface area contributed by atoms with Gasteiger partial charge in [0, 0.05) is 38.1 Å². The van der Waals surface area contributed by atoms with E-state index in [0.29, 0.717) is 30.4 Å². The Bertz CT molecular complexity index is 694. The summed E-state index contributed by atoms with van der Waals surface area (Å²) in [4.78, 5) is 20.7. The van der Waals surface area contributed by atoms with Crippen molar-refractivity contribution in [3.63, 3.8) is 0 Å². The number of aromatic nitrogens is 2. The number of anilines is 1. The normalized spacial score (nSPS) is 10.5. The molecule has 0 unspecified atom stereocenters. The third-order valence-electron chi connectivity index (χ3n) is 3.29. The molecule has 0 aliphatic rings. The lowest BCUT2D eigenvalue weighted by molar-refractivity contribution is 0.0945. The third kappa shape index (κ3) is 5.27. The first-order chi connectivity index (χ1) is 11.6. The minimum Gasteiger partial charge on any atom is -0.385 e. The van der Waals surface area contributed by atoms with Crippen LogP contribution < -0.4 is 10.6 Å². The molecule has 0 aliphatic heterocycles. The van der Waals surface area contributed by atoms with Crippen LogP contribution in [0, 0.1) is 12.7 Å². The van der Waals surface area contributed by atoms with E-state index in [1.165, 1.54) is 6.07 Å². The number of aryl methyl sites for hydroxylation is 1. The van der Waals surface area contributed by atoms with Crippen LogP contribution in [0.5, 0.6) is 0 Å². The highest BCUT2D eigenvalue weighted by Gasteiger charge is 2.11. The summed E-state index contributed by atoms with van der Waals surface area (Å²) in [6.07, 6.45) is 0.808. The number of amides is 1. The van der Waals surface area contributed by atoms with E-state index >= 15 is 0 Å². The topological polar surface area (TPSA) is 76.1 Å². The zero-order valence-corrected chi connectivity index (χ0v) is 13.8. The Labute approximate surface area is 140 Å². The average molecular weight is 332 g/mol. The van der Waals surface area contributed by atoms with Gasteiger partial charge in [-0.05, 0) is 25.5 Å². The molecule has 0 bridgehead atoms. The van der Waals surface area contributed by atoms with Gasteiger partial charge in [0.15, 0.2) is 0 Å². The number of hydrogen-bond donors (Lipinski definition) is 2. The van der Waals surface area contributed by atoms with Gasteiger partial charge in [-0.1, -0.05) is 18.2 Å². The molecule has 0 spiro atoms. The largest absolute Gasteiger partial charge is 0.385 e. The van der Waals surface area contributed by atoms with Gasteiger partial charge >= 0.3 is 0 Å². The van der Waals surface area contributed by atoms with E-state index in [1.807, 2.05) is 0 Å². The Morgan fingerprint density at radius 3 is 2.83 bits per heavy atom. The molecule has 0 aliphatic carbocycles. The molecule has 0 saturated heterocycles. The van der Waals surface area contributed by atoms with E-state index in [9.17, 15) is 9.18 Å². The number of halogens is 1. The quantitative estimate of drug-likeness (QED) is 0.726. The van der Waals surface area contributed by atoms with Crippen LogP contribution in [0.15, 0.2) is 30.3 Å². The number of methoxy groups -OCH3 is 1. The van der Waals surface area contributed by atoms with Crippen molar-refractivity contribution in [2.24, 2.45) is 0 Å². The number of rotatable bonds is 8. The fourth-order valence-electron chi connectivity index (χ4n) is 2.09. The lowest BCUT2D eigenvalue weighted by Gasteiger charge is -2.09. The molecule has 0 saturated carbocycles. The molecule has 0 radical (unpaired) electrons. The van der Waals surface area contributed by atoms with Gasteiger partial charge in [-0.25, -0.2) is 14.4 Å². The molecule has 0 fully saturated rings. The van der Waals surface area contributed by atoms with Crippen LogP contribution >= 0.6 is 0 Å². The molecule has 128 valence electrons. The molecule has 1 aromatic heterocycles. The highest BCUT2D eigenvalue weighted by Crippen LogP contribution is 2.08. The highest BCUT2D eigenvalue weighted by molar-refractivity contribution is 5.92. The predicted molar refractivity (Wildman–Crippen MR) is 89.3 cm³/mol. The van der Waals surface area contributed by atoms with Crippen molar-refractivity contribution in [1.29, 1.82) is 0 Å². The molecule has 1 amide bonds. The van der Waals surface area contributed by atoms with Crippen LogP contribution in [-0.2, 0) is 11.3 Å². The minimum atomic E-state index is -0.372. The number of nitrogens with zero attached hydrogens (tertiary/aromatic N) is 2. The third-order valence-corrected chi connectivity index (χ3v) is 3.29. The number of carbonyl (C=O) groups excluding carboxylic acids is 1. The molecule has 2 N–H and O–H groups in total. The molecule has 6 nitrogen and oxygen atoms in total. The summed E-state index contributed by atoms with van der Waals surface area (Å²) in [5.74, 6) is -0.331. The Morgan fingerprint density at radius 2 is 2.08 bits per heavy atom. The number of carbonyl (C=O) groups is 1. The van der Waals surface area contributed by atoms with Gasteiger partial charge in [-0.3, -0.25) is 4.79 Å². The molecule has 1 aromatic carbocycles. The van der Waals surface area contributed by atoms with Gasteiger partial charge in [0.2, 0.25) is 5.95 Å². The van der Waals surface area contributed by atoms with Gasteiger partial charge in [-0.2, -0.15) is 0 Å². The second kappa shape index (κ2) is 8.93. The van der Waals surface area contributed by atoms with Crippen LogP contribution in [0.2, 0.25) is 0 Å². The Balaban J connectivity index is 1.98. The molecule has 7 heteroatoms. The molecule has 24 heavy (non-hydrogen) atoms. The predicted octanol–water partition coefficient (Wildman–Crippen LogP) is 2.30. The maximum Gasteiger partial charge on any atom is 0.270 e. The number of ether oxygens (including phenoxy) is 1. The van der Waals surface area contributed by atoms with Gasteiger partial charge in [0.1, 0.15) is 11.5 Å². The fraction of sp³-hybridized carbons (Fsp3) is 0.353. The van der Waals surface area contributed by atoms with Crippen molar-refractivity contribution >= 4 is 11.9 Å². The molecule has 0 atom stereocenters. The van der Waals surface area contributed by atoms with E-state index in [-0.39, 0.29) is 24.0 Å². The lowest BCUT2D eigenvalue weighted by atomic mass is 10.2. The summed E-state index contributed by atoms with van der Waals surface area (Å²) < 4.78 is 18.5. The van der Waals surface area contributed by atoms with Crippen LogP contribution in [0.4, 0.5) is 10.3 Å². The maximum atomic E-state index is 13.6. The number of nitrogens with one attached hydrogen (secondary N) is 2. The second-order valence-electron chi connectivity index (χ2n) is 5.27. The van der Waals surface area contributed by atoms with Crippen LogP contribution in [0.3, 0.4) is 0 Å². The molecular formula is C17H21FN4O2. The van der Waals surface area contributed by atoms with E-state index in [0.717, 1.165) is 6.42 Å². The lowest BCUT2D eigenvalue weighted by Crippen LogP contribution is -2.25. The first-order valence-corrected chi connectivity index (χ1v) is 7.70. The van der Waals surface area contributed by atoms with Gasteiger partial charge in [0.05, 0.1) is 0 Å². The molecule has 2 aromatic rings. The average Bonchev–Trinajstić information content (AvgIpc) is 2.57. The monoisotopic (exact) mass is 332 g/mol. The standard InChI is InChI=1S/C17H21FN4O2/c1-12-10-15(22-17(21-12)19-8-5-9-24-2)16(23)20-11-13-6-3-4-7-14(13)18/h3-4,6-7,10H,5,8-9,11H2,1-2H3,(H,20,23)(H,19,21,22). The van der Waals surface area contributed by atoms with E-state index in [2.05, 4.69) is 20.6 Å². The fourth-order valence-corrected chi connectivity index (χ4v) is 2.09. The maximum absolute atomic E-state index is 13.6. The number of benzene rings is 1. The molecule has 1 heterocycles. The van der Waals surface area contributed by atoms with Gasteiger partial charge in [-0.15, -0.1) is 0 Å². The SMILES string of the molecule is COCCCNc1nc(C)cc(C(=O)NCc2ccccc2F)n1. The van der Waals surface area contributed by atoms with Crippen molar-refractivity contribution < 1.29 is 13.9 Å². The van der Waals surface area contributed by atoms with Crippen molar-refractivity contribution in [3.8, 4) is 0 Å². The zero-order valence-electron chi connectivity index (χ0n) is 13.8. The second-order valence-corrected chi connectivity index (χ2v) is 5.27. The van der Waals surface area contributed by atoms with Crippen molar-refractivity contribution in [2.45, 2.75) is 19.9 Å². The van der Waals surface area contributed by atoms with E-state index in [1.54, 1.807) is 38.3 Å². The van der Waals surface area contributed by atoms with Gasteiger partial charge in [0.25, 0.3) is 5.91 Å². The summed E-state index contributed by atoms with van der Waals surface area (Å²) in [5.41, 5.74) is 1.35. The van der Waals surface area contributed by atoms with E-state index in [4.69, 9.17) is 4.74 Å². The Morgan fingerprint density at radius 1 is 1.29 bits per heavy atom. The minimum absolute atomic E-state index is 0.102. The highest BCUT2D eigenvalue weighted by atomic mass is 19.1. The van der Waals surface area contributed by atoms with Crippen molar-refractivity contribution in [1.82, 2.24) is 15.3 Å². The van der Waals surface area contributed by atoms with Crippen LogP contribution in [-0.4, -0.2) is 36.1 Å². The zero-order chi connectivity index (χ0) is 17.4. The smallest absolute Gasteiger partial charge is 0.270 e. The van der Waals surface area contributed by atoms with Crippen molar-refractivity contribution in [3.05, 3.63) is 53.1 Å². The Hall–Kier alpha value is -2.54. The first kappa shape index (κ1) is 17.8. The Kier molecular flexibility index (Phi) is 6.62. The van der Waals surface area contributed by atoms with E-state index < -0.39 is 0 Å². The van der Waals surface area contributed by atoms with Crippen LogP contribution in [0.25, 0.3) is 0 Å². The number of hydrogen-bond acceptors (Lipinski definition) is 5.